The summed E-state index contributed by atoms with van der Waals surface area (Å²) >= 11 is 0. The minimum atomic E-state index is -0.754. The first-order valence-corrected chi connectivity index (χ1v) is 13.2. The van der Waals surface area contributed by atoms with Crippen LogP contribution in [0.2, 0.25) is 0 Å². The predicted molar refractivity (Wildman–Crippen MR) is 149 cm³/mol. The highest BCUT2D eigenvalue weighted by Gasteiger charge is 2.26. The van der Waals surface area contributed by atoms with Crippen molar-refractivity contribution in [3.8, 4) is 28.5 Å². The molecule has 0 saturated heterocycles. The molecule has 210 valence electrons. The number of hydrogen-bond donors (Lipinski definition) is 1. The van der Waals surface area contributed by atoms with Crippen molar-refractivity contribution in [1.29, 1.82) is 0 Å². The molecule has 3 heterocycles. The summed E-state index contributed by atoms with van der Waals surface area (Å²) in [6, 6.07) is 14.3. The summed E-state index contributed by atoms with van der Waals surface area (Å²) in [6.45, 7) is 6.01. The summed E-state index contributed by atoms with van der Waals surface area (Å²) in [5.41, 5.74) is 2.87. The van der Waals surface area contributed by atoms with Crippen molar-refractivity contribution < 1.29 is 18.3 Å². The molecule has 0 saturated carbocycles. The maximum Gasteiger partial charge on any atom is 0.280 e. The standard InChI is InChI=1S/C31H28F3N5O2/c1-4-27(21-15-22(32)17-23(33)16-21)39-29(26-12-13-38(5-2)37-26)36-30(40)25(31(39)41)14-19-6-8-20(9-7-19)24-10-11-28(34)35-18(24)3/h6-13,15-17,27,41H,4-5,14H2,1-3H3/t27-/m0/s1. The molecule has 0 aliphatic heterocycles. The molecular weight excluding hydrogens is 531 g/mol. The average Bonchev–Trinajstić information content (AvgIpc) is 3.42. The number of pyridine rings is 1. The molecule has 1 N–H and O–H groups in total. The normalized spacial score (nSPS) is 12.0. The fourth-order valence-corrected chi connectivity index (χ4v) is 5.02. The Labute approximate surface area is 234 Å². The van der Waals surface area contributed by atoms with E-state index < -0.39 is 29.2 Å². The Morgan fingerprint density at radius 2 is 1.63 bits per heavy atom. The molecule has 5 rings (SSSR count). The zero-order chi connectivity index (χ0) is 29.3. The molecular formula is C31H28F3N5O2. The molecule has 0 aliphatic carbocycles. The Morgan fingerprint density at radius 3 is 2.24 bits per heavy atom. The lowest BCUT2D eigenvalue weighted by Crippen LogP contribution is -2.24. The smallest absolute Gasteiger partial charge is 0.280 e. The number of aromatic hydroxyl groups is 1. The molecule has 10 heteroatoms. The first-order valence-electron chi connectivity index (χ1n) is 13.2. The van der Waals surface area contributed by atoms with E-state index in [4.69, 9.17) is 0 Å². The van der Waals surface area contributed by atoms with Crippen molar-refractivity contribution in [2.75, 3.05) is 0 Å². The largest absolute Gasteiger partial charge is 0.494 e. The van der Waals surface area contributed by atoms with E-state index in [1.54, 1.807) is 42.1 Å². The molecule has 5 aromatic rings. The first-order chi connectivity index (χ1) is 19.7. The van der Waals surface area contributed by atoms with Crippen molar-refractivity contribution in [3.05, 3.63) is 117 Å². The second-order valence-electron chi connectivity index (χ2n) is 9.74. The zero-order valence-corrected chi connectivity index (χ0v) is 22.8. The van der Waals surface area contributed by atoms with Crippen LogP contribution in [0.15, 0.2) is 71.7 Å². The number of nitrogens with zero attached hydrogens (tertiary/aromatic N) is 5. The Hall–Kier alpha value is -4.73. The van der Waals surface area contributed by atoms with Gasteiger partial charge in [0.25, 0.3) is 5.56 Å². The zero-order valence-electron chi connectivity index (χ0n) is 22.8. The maximum atomic E-state index is 14.2. The van der Waals surface area contributed by atoms with Crippen LogP contribution in [-0.4, -0.2) is 29.4 Å². The molecule has 0 amide bonds. The molecule has 1 atom stereocenters. The highest BCUT2D eigenvalue weighted by molar-refractivity contribution is 5.66. The third kappa shape index (κ3) is 5.63. The van der Waals surface area contributed by atoms with Crippen LogP contribution in [0.5, 0.6) is 5.88 Å². The second kappa shape index (κ2) is 11.4. The minimum absolute atomic E-state index is 0.0337. The van der Waals surface area contributed by atoms with Crippen LogP contribution in [-0.2, 0) is 13.0 Å². The quantitative estimate of drug-likeness (QED) is 0.229. The van der Waals surface area contributed by atoms with Gasteiger partial charge in [-0.2, -0.15) is 14.5 Å². The van der Waals surface area contributed by atoms with Gasteiger partial charge in [0.15, 0.2) is 5.82 Å². The lowest BCUT2D eigenvalue weighted by Gasteiger charge is -2.25. The van der Waals surface area contributed by atoms with E-state index in [9.17, 15) is 23.1 Å². The Morgan fingerprint density at radius 1 is 0.927 bits per heavy atom. The molecule has 7 nitrogen and oxygen atoms in total. The van der Waals surface area contributed by atoms with Gasteiger partial charge in [0.2, 0.25) is 11.8 Å². The molecule has 0 spiro atoms. The van der Waals surface area contributed by atoms with Gasteiger partial charge in [-0.15, -0.1) is 0 Å². The molecule has 3 aromatic heterocycles. The molecule has 0 bridgehead atoms. The molecule has 0 aliphatic rings. The van der Waals surface area contributed by atoms with Gasteiger partial charge in [-0.1, -0.05) is 31.2 Å². The van der Waals surface area contributed by atoms with Crippen LogP contribution in [0.1, 0.15) is 48.7 Å². The topological polar surface area (TPSA) is 85.8 Å². The Kier molecular flexibility index (Phi) is 7.74. The van der Waals surface area contributed by atoms with E-state index in [-0.39, 0.29) is 29.3 Å². The van der Waals surface area contributed by atoms with E-state index in [0.717, 1.165) is 22.8 Å². The van der Waals surface area contributed by atoms with Crippen LogP contribution in [0.4, 0.5) is 13.2 Å². The van der Waals surface area contributed by atoms with Gasteiger partial charge < -0.3 is 5.11 Å². The highest BCUT2D eigenvalue weighted by Crippen LogP contribution is 2.34. The third-order valence-corrected chi connectivity index (χ3v) is 7.05. The van der Waals surface area contributed by atoms with Gasteiger partial charge in [-0.05, 0) is 67.3 Å². The fourth-order valence-electron chi connectivity index (χ4n) is 5.02. The van der Waals surface area contributed by atoms with Gasteiger partial charge in [0.05, 0.1) is 11.6 Å². The number of rotatable bonds is 8. The fraction of sp³-hybridized carbons (Fsp3) is 0.226. The molecule has 0 fully saturated rings. The highest BCUT2D eigenvalue weighted by atomic mass is 19.1. The van der Waals surface area contributed by atoms with Crippen LogP contribution in [0.25, 0.3) is 22.6 Å². The number of aryl methyl sites for hydroxylation is 2. The van der Waals surface area contributed by atoms with Gasteiger partial charge in [0.1, 0.15) is 17.3 Å². The van der Waals surface area contributed by atoms with E-state index in [1.807, 2.05) is 26.0 Å². The summed E-state index contributed by atoms with van der Waals surface area (Å²) in [7, 11) is 0. The average molecular weight is 560 g/mol. The minimum Gasteiger partial charge on any atom is -0.494 e. The monoisotopic (exact) mass is 559 g/mol. The van der Waals surface area contributed by atoms with Crippen molar-refractivity contribution in [2.45, 2.75) is 46.2 Å². The summed E-state index contributed by atoms with van der Waals surface area (Å²) in [6.07, 6.45) is 2.11. The lowest BCUT2D eigenvalue weighted by molar-refractivity contribution is 0.381. The Balaban J connectivity index is 1.61. The van der Waals surface area contributed by atoms with Crippen LogP contribution in [0, 0.1) is 24.5 Å². The van der Waals surface area contributed by atoms with E-state index >= 15 is 0 Å². The van der Waals surface area contributed by atoms with Gasteiger partial charge in [0, 0.05) is 36.5 Å². The summed E-state index contributed by atoms with van der Waals surface area (Å²) < 4.78 is 45.0. The van der Waals surface area contributed by atoms with Crippen molar-refractivity contribution in [1.82, 2.24) is 24.3 Å². The number of aromatic nitrogens is 5. The molecule has 0 radical (unpaired) electrons. The van der Waals surface area contributed by atoms with Gasteiger partial charge in [-0.25, -0.2) is 13.8 Å². The maximum absolute atomic E-state index is 14.2. The van der Waals surface area contributed by atoms with Crippen molar-refractivity contribution >= 4 is 0 Å². The van der Waals surface area contributed by atoms with Crippen molar-refractivity contribution in [2.24, 2.45) is 0 Å². The van der Waals surface area contributed by atoms with Crippen molar-refractivity contribution in [3.63, 3.8) is 0 Å². The third-order valence-electron chi connectivity index (χ3n) is 7.05. The second-order valence-corrected chi connectivity index (χ2v) is 9.74. The lowest BCUT2D eigenvalue weighted by atomic mass is 9.99. The van der Waals surface area contributed by atoms with E-state index in [0.29, 0.717) is 24.4 Å². The summed E-state index contributed by atoms with van der Waals surface area (Å²) in [4.78, 5) is 21.5. The first kappa shape index (κ1) is 27.8. The van der Waals surface area contributed by atoms with Crippen LogP contribution in [0.3, 0.4) is 0 Å². The van der Waals surface area contributed by atoms with E-state index in [1.165, 1.54) is 22.8 Å². The summed E-state index contributed by atoms with van der Waals surface area (Å²) in [5.74, 6) is -2.33. The number of hydrogen-bond acceptors (Lipinski definition) is 5. The number of halogens is 3. The molecule has 0 unspecified atom stereocenters. The SMILES string of the molecule is CC[C@@H](c1cc(F)cc(F)c1)n1c(-c2ccn(CC)n2)nc(=O)c(Cc2ccc(-c3ccc(F)nc3C)cc2)c1O. The number of benzene rings is 2. The predicted octanol–water partition coefficient (Wildman–Crippen LogP) is 6.21. The Bertz CT molecular complexity index is 1760. The molecule has 41 heavy (non-hydrogen) atoms. The van der Waals surface area contributed by atoms with Gasteiger partial charge in [-0.3, -0.25) is 14.0 Å². The van der Waals surface area contributed by atoms with Crippen LogP contribution < -0.4 is 5.56 Å². The van der Waals surface area contributed by atoms with E-state index in [2.05, 4.69) is 15.1 Å². The van der Waals surface area contributed by atoms with Crippen LogP contribution >= 0.6 is 0 Å². The van der Waals surface area contributed by atoms with Gasteiger partial charge >= 0.3 is 0 Å². The summed E-state index contributed by atoms with van der Waals surface area (Å²) in [5, 5.41) is 16.0. The molecule has 2 aromatic carbocycles.